The normalized spacial score (nSPS) is 15.7. The van der Waals surface area contributed by atoms with Crippen molar-refractivity contribution in [1.29, 1.82) is 0 Å². The number of rotatable bonds is 4. The Bertz CT molecular complexity index is 799. The number of benzene rings is 2. The van der Waals surface area contributed by atoms with Gasteiger partial charge in [-0.1, -0.05) is 47.6 Å². The largest absolute Gasteiger partial charge is 0.489 e. The highest BCUT2D eigenvalue weighted by Gasteiger charge is 2.20. The molecule has 0 N–H and O–H groups in total. The molecule has 0 radical (unpaired) electrons. The van der Waals surface area contributed by atoms with Gasteiger partial charge in [0.25, 0.3) is 5.91 Å². The van der Waals surface area contributed by atoms with Crippen molar-refractivity contribution >= 4 is 51.5 Å². The van der Waals surface area contributed by atoms with Crippen molar-refractivity contribution in [2.75, 3.05) is 6.26 Å². The summed E-state index contributed by atoms with van der Waals surface area (Å²) in [6.07, 6.45) is 3.76. The van der Waals surface area contributed by atoms with E-state index in [9.17, 15) is 4.79 Å². The quantitative estimate of drug-likeness (QED) is 0.684. The zero-order chi connectivity index (χ0) is 16.9. The molecule has 0 aromatic heterocycles. The highest BCUT2D eigenvalue weighted by Crippen LogP contribution is 2.32. The van der Waals surface area contributed by atoms with Gasteiger partial charge in [0.1, 0.15) is 16.7 Å². The highest BCUT2D eigenvalue weighted by molar-refractivity contribution is 8.40. The van der Waals surface area contributed by atoms with Crippen LogP contribution in [0.2, 0.25) is 5.02 Å². The number of hydrogen-bond acceptors (Lipinski definition) is 4. The average Bonchev–Trinajstić information content (AvgIpc) is 2.96. The van der Waals surface area contributed by atoms with Gasteiger partial charge in [-0.2, -0.15) is 4.99 Å². The Hall–Kier alpha value is -1.69. The van der Waals surface area contributed by atoms with Gasteiger partial charge in [0.05, 0.1) is 4.91 Å². The maximum absolute atomic E-state index is 11.8. The van der Waals surface area contributed by atoms with Gasteiger partial charge >= 0.3 is 0 Å². The van der Waals surface area contributed by atoms with Gasteiger partial charge in [0.2, 0.25) is 0 Å². The van der Waals surface area contributed by atoms with Crippen LogP contribution in [-0.4, -0.2) is 16.5 Å². The van der Waals surface area contributed by atoms with Crippen LogP contribution in [0, 0.1) is 0 Å². The fourth-order valence-electron chi connectivity index (χ4n) is 2.04. The van der Waals surface area contributed by atoms with E-state index in [2.05, 4.69) is 4.99 Å². The van der Waals surface area contributed by atoms with Crippen molar-refractivity contribution < 1.29 is 9.53 Å². The maximum Gasteiger partial charge on any atom is 0.285 e. The number of hydrogen-bond donors (Lipinski definition) is 0. The Morgan fingerprint density at radius 3 is 2.50 bits per heavy atom. The van der Waals surface area contributed by atoms with Crippen LogP contribution in [0.4, 0.5) is 0 Å². The van der Waals surface area contributed by atoms with Gasteiger partial charge in [0.15, 0.2) is 0 Å². The molecule has 3 nitrogen and oxygen atoms in total. The van der Waals surface area contributed by atoms with Crippen molar-refractivity contribution in [1.82, 2.24) is 0 Å². The van der Waals surface area contributed by atoms with Gasteiger partial charge in [-0.25, -0.2) is 0 Å². The topological polar surface area (TPSA) is 38.7 Å². The lowest BCUT2D eigenvalue weighted by atomic mass is 10.2. The Labute approximate surface area is 154 Å². The molecule has 0 bridgehead atoms. The van der Waals surface area contributed by atoms with Crippen LogP contribution >= 0.6 is 35.1 Å². The van der Waals surface area contributed by atoms with Crippen LogP contribution in [0.25, 0.3) is 6.08 Å². The molecular weight excluding hydrogens is 362 g/mol. The summed E-state index contributed by atoms with van der Waals surface area (Å²) in [4.78, 5) is 16.4. The lowest BCUT2D eigenvalue weighted by molar-refractivity contribution is -0.113. The molecule has 24 heavy (non-hydrogen) atoms. The molecule has 1 aliphatic heterocycles. The molecule has 0 aliphatic carbocycles. The molecule has 1 aliphatic rings. The molecule has 0 spiro atoms. The van der Waals surface area contributed by atoms with Gasteiger partial charge in [-0.05, 0) is 47.7 Å². The fourth-order valence-corrected chi connectivity index (χ4v) is 3.58. The lowest BCUT2D eigenvalue weighted by Crippen LogP contribution is -1.95. The minimum atomic E-state index is -0.174. The number of ether oxygens (including phenoxy) is 1. The highest BCUT2D eigenvalue weighted by atomic mass is 35.5. The van der Waals surface area contributed by atoms with Crippen LogP contribution < -0.4 is 4.74 Å². The first-order valence-corrected chi connectivity index (χ1v) is 9.60. The minimum Gasteiger partial charge on any atom is -0.489 e. The van der Waals surface area contributed by atoms with Crippen LogP contribution in [0.5, 0.6) is 5.75 Å². The molecule has 122 valence electrons. The van der Waals surface area contributed by atoms with Crippen molar-refractivity contribution in [3.05, 3.63) is 69.6 Å². The molecule has 1 heterocycles. The number of thioether (sulfide) groups is 2. The summed E-state index contributed by atoms with van der Waals surface area (Å²) in [5, 5.41) is 0.712. The van der Waals surface area contributed by atoms with E-state index in [-0.39, 0.29) is 5.91 Å². The monoisotopic (exact) mass is 375 g/mol. The van der Waals surface area contributed by atoms with Crippen LogP contribution in [0.3, 0.4) is 0 Å². The third-order valence-electron chi connectivity index (χ3n) is 3.27. The van der Waals surface area contributed by atoms with E-state index in [0.717, 1.165) is 21.3 Å². The molecule has 1 amide bonds. The Morgan fingerprint density at radius 1 is 1.17 bits per heavy atom. The lowest BCUT2D eigenvalue weighted by Gasteiger charge is -2.07. The molecule has 0 atom stereocenters. The number of amides is 1. The predicted molar refractivity (Wildman–Crippen MR) is 104 cm³/mol. The molecular formula is C18H14ClNO2S2. The second kappa shape index (κ2) is 7.92. The second-order valence-corrected chi connectivity index (χ2v) is 7.50. The molecule has 0 saturated heterocycles. The van der Waals surface area contributed by atoms with Crippen molar-refractivity contribution in [2.24, 2.45) is 4.99 Å². The first kappa shape index (κ1) is 17.1. The average molecular weight is 376 g/mol. The zero-order valence-corrected chi connectivity index (χ0v) is 15.3. The summed E-state index contributed by atoms with van der Waals surface area (Å²) >= 11 is 8.75. The van der Waals surface area contributed by atoms with Crippen molar-refractivity contribution in [2.45, 2.75) is 6.61 Å². The number of carbonyl (C=O) groups is 1. The molecule has 2 aromatic rings. The zero-order valence-electron chi connectivity index (χ0n) is 12.9. The summed E-state index contributed by atoms with van der Waals surface area (Å²) in [5.41, 5.74) is 2.00. The van der Waals surface area contributed by atoms with Gasteiger partial charge < -0.3 is 4.74 Å². The predicted octanol–water partition coefficient (Wildman–Crippen LogP) is 5.25. The third kappa shape index (κ3) is 4.44. The summed E-state index contributed by atoms with van der Waals surface area (Å²) in [5.74, 6) is 0.603. The maximum atomic E-state index is 11.8. The summed E-state index contributed by atoms with van der Waals surface area (Å²) in [7, 11) is 0. The molecule has 0 saturated carbocycles. The van der Waals surface area contributed by atoms with Crippen molar-refractivity contribution in [3.8, 4) is 5.75 Å². The van der Waals surface area contributed by atoms with E-state index in [1.807, 2.05) is 60.9 Å². The SMILES string of the molecule is CSC1=NC(=O)C(=Cc2ccc(OCc3ccc(Cl)cc3)cc2)S1. The first-order chi connectivity index (χ1) is 11.6. The van der Waals surface area contributed by atoms with Crippen LogP contribution in [0.15, 0.2) is 58.4 Å². The number of nitrogens with zero attached hydrogens (tertiary/aromatic N) is 1. The first-order valence-electron chi connectivity index (χ1n) is 7.18. The van der Waals surface area contributed by atoms with Crippen LogP contribution in [0.1, 0.15) is 11.1 Å². The van der Waals surface area contributed by atoms with Gasteiger partial charge in [0, 0.05) is 5.02 Å². The number of carbonyl (C=O) groups excluding carboxylic acids is 1. The van der Waals surface area contributed by atoms with E-state index in [0.29, 0.717) is 16.5 Å². The van der Waals surface area contributed by atoms with E-state index >= 15 is 0 Å². The van der Waals surface area contributed by atoms with Gasteiger partial charge in [-0.15, -0.1) is 11.8 Å². The van der Waals surface area contributed by atoms with Crippen LogP contribution in [-0.2, 0) is 11.4 Å². The molecule has 3 rings (SSSR count). The molecule has 2 aromatic carbocycles. The number of aliphatic imine (C=N–C) groups is 1. The summed E-state index contributed by atoms with van der Waals surface area (Å²) in [6, 6.07) is 15.2. The van der Waals surface area contributed by atoms with E-state index < -0.39 is 0 Å². The Morgan fingerprint density at radius 2 is 1.88 bits per heavy atom. The Kier molecular flexibility index (Phi) is 5.66. The standard InChI is InChI=1S/C18H14ClNO2S2/c1-23-18-20-17(21)16(24-18)10-12-4-8-15(9-5-12)22-11-13-2-6-14(19)7-3-13/h2-10H,11H2,1H3. The van der Waals surface area contributed by atoms with E-state index in [1.165, 1.54) is 23.5 Å². The third-order valence-corrected chi connectivity index (χ3v) is 5.49. The van der Waals surface area contributed by atoms with Gasteiger partial charge in [-0.3, -0.25) is 4.79 Å². The fraction of sp³-hybridized carbons (Fsp3) is 0.111. The smallest absolute Gasteiger partial charge is 0.285 e. The molecule has 0 unspecified atom stereocenters. The summed E-state index contributed by atoms with van der Waals surface area (Å²) in [6.45, 7) is 0.483. The summed E-state index contributed by atoms with van der Waals surface area (Å²) < 4.78 is 6.54. The Balaban J connectivity index is 1.61. The van der Waals surface area contributed by atoms with E-state index in [4.69, 9.17) is 16.3 Å². The minimum absolute atomic E-state index is 0.174. The number of halogens is 1. The van der Waals surface area contributed by atoms with E-state index in [1.54, 1.807) is 0 Å². The van der Waals surface area contributed by atoms with Crippen molar-refractivity contribution in [3.63, 3.8) is 0 Å². The second-order valence-electron chi connectivity index (χ2n) is 4.98. The molecule has 6 heteroatoms. The molecule has 0 fully saturated rings.